The van der Waals surface area contributed by atoms with Gasteiger partial charge in [0.1, 0.15) is 11.9 Å². The van der Waals surface area contributed by atoms with Crippen LogP contribution < -0.4 is 10.2 Å². The van der Waals surface area contributed by atoms with Crippen molar-refractivity contribution in [3.05, 3.63) is 11.7 Å². The van der Waals surface area contributed by atoms with Crippen LogP contribution in [0.25, 0.3) is 5.57 Å². The summed E-state index contributed by atoms with van der Waals surface area (Å²) in [7, 11) is 1.89. The Morgan fingerprint density at radius 2 is 1.91 bits per heavy atom. The lowest BCUT2D eigenvalue weighted by Crippen LogP contribution is -2.29. The maximum absolute atomic E-state index is 14.3. The summed E-state index contributed by atoms with van der Waals surface area (Å²) in [5.74, 6) is 0.708. The smallest absolute Gasteiger partial charge is 0.230 e. The molecular weight excluding hydrogens is 297 g/mol. The van der Waals surface area contributed by atoms with Crippen molar-refractivity contribution in [1.29, 1.82) is 0 Å². The van der Waals surface area contributed by atoms with E-state index in [0.717, 1.165) is 6.42 Å². The second-order valence-electron chi connectivity index (χ2n) is 6.52. The highest BCUT2D eigenvalue weighted by Crippen LogP contribution is 2.32. The van der Waals surface area contributed by atoms with Gasteiger partial charge in [0.15, 0.2) is 5.82 Å². The van der Waals surface area contributed by atoms with Gasteiger partial charge in [-0.1, -0.05) is 0 Å². The molecule has 2 rings (SSSR count). The van der Waals surface area contributed by atoms with Crippen LogP contribution in [0.3, 0.4) is 0 Å². The van der Waals surface area contributed by atoms with Gasteiger partial charge in [-0.05, 0) is 47.0 Å². The average molecular weight is 323 g/mol. The number of nitrogens with zero attached hydrogens (tertiary/aromatic N) is 4. The zero-order chi connectivity index (χ0) is 17.1. The lowest BCUT2D eigenvalue weighted by Gasteiger charge is -2.24. The highest BCUT2D eigenvalue weighted by Gasteiger charge is 2.25. The van der Waals surface area contributed by atoms with Gasteiger partial charge < -0.3 is 15.3 Å². The third-order valence-electron chi connectivity index (χ3n) is 3.89. The van der Waals surface area contributed by atoms with Crippen molar-refractivity contribution in [3.8, 4) is 0 Å². The Bertz CT molecular complexity index is 588. The Morgan fingerprint density at radius 3 is 2.52 bits per heavy atom. The van der Waals surface area contributed by atoms with Gasteiger partial charge in [-0.15, -0.1) is 0 Å². The number of aromatic nitrogens is 3. The van der Waals surface area contributed by atoms with E-state index in [4.69, 9.17) is 0 Å². The summed E-state index contributed by atoms with van der Waals surface area (Å²) >= 11 is 0. The van der Waals surface area contributed by atoms with Crippen molar-refractivity contribution in [2.24, 2.45) is 0 Å². The summed E-state index contributed by atoms with van der Waals surface area (Å²) in [4.78, 5) is 15.1. The first kappa shape index (κ1) is 17.6. The Labute approximate surface area is 136 Å². The minimum atomic E-state index is -1.05. The number of allylic oxidation sites excluding steroid dienone is 1. The molecule has 0 saturated heterocycles. The Hall–Kier alpha value is -1.76. The molecule has 0 aliphatic heterocycles. The maximum atomic E-state index is 14.3. The molecule has 0 saturated carbocycles. The van der Waals surface area contributed by atoms with Gasteiger partial charge >= 0.3 is 0 Å². The first-order valence-electron chi connectivity index (χ1n) is 8.12. The summed E-state index contributed by atoms with van der Waals surface area (Å²) in [5, 5.41) is 12.9. The van der Waals surface area contributed by atoms with Crippen LogP contribution in [0.2, 0.25) is 0 Å². The summed E-state index contributed by atoms with van der Waals surface area (Å²) in [6, 6.07) is 0.353. The standard InChI is InChI=1S/C16H26FN5O/c1-9(2)18-15-19-14(11-7-6-8-12(23)13(11)17)20-16(21-15)22(5)10(3)4/h9-10,12,23H,6-8H2,1-5H3,(H,18,19,20,21). The molecule has 2 N–H and O–H groups in total. The first-order chi connectivity index (χ1) is 10.8. The first-order valence-corrected chi connectivity index (χ1v) is 8.12. The van der Waals surface area contributed by atoms with Gasteiger partial charge in [0, 0.05) is 24.7 Å². The number of anilines is 2. The van der Waals surface area contributed by atoms with E-state index >= 15 is 0 Å². The minimum Gasteiger partial charge on any atom is -0.386 e. The van der Waals surface area contributed by atoms with Gasteiger partial charge in [0.2, 0.25) is 11.9 Å². The molecule has 1 heterocycles. The molecule has 0 spiro atoms. The second-order valence-corrected chi connectivity index (χ2v) is 6.52. The van der Waals surface area contributed by atoms with E-state index in [-0.39, 0.29) is 12.1 Å². The van der Waals surface area contributed by atoms with Crippen LogP contribution in [0.15, 0.2) is 5.83 Å². The van der Waals surface area contributed by atoms with Crippen LogP contribution in [0.1, 0.15) is 52.8 Å². The van der Waals surface area contributed by atoms with Gasteiger partial charge in [-0.3, -0.25) is 0 Å². The number of nitrogens with one attached hydrogen (secondary N) is 1. The molecule has 6 nitrogen and oxygen atoms in total. The minimum absolute atomic E-state index is 0.151. The largest absolute Gasteiger partial charge is 0.386 e. The third-order valence-corrected chi connectivity index (χ3v) is 3.89. The molecule has 1 aromatic rings. The number of aliphatic hydroxyl groups is 1. The molecule has 23 heavy (non-hydrogen) atoms. The highest BCUT2D eigenvalue weighted by atomic mass is 19.1. The van der Waals surface area contributed by atoms with E-state index in [9.17, 15) is 9.50 Å². The number of hydrogen-bond acceptors (Lipinski definition) is 6. The Balaban J connectivity index is 2.49. The van der Waals surface area contributed by atoms with Crippen LogP contribution in [-0.2, 0) is 0 Å². The Kier molecular flexibility index (Phi) is 5.51. The lowest BCUT2D eigenvalue weighted by atomic mass is 9.96. The van der Waals surface area contributed by atoms with Crippen molar-refractivity contribution in [1.82, 2.24) is 15.0 Å². The van der Waals surface area contributed by atoms with E-state index in [1.807, 2.05) is 39.6 Å². The van der Waals surface area contributed by atoms with E-state index in [2.05, 4.69) is 20.3 Å². The number of hydrogen-bond donors (Lipinski definition) is 2. The van der Waals surface area contributed by atoms with Crippen LogP contribution in [0, 0.1) is 0 Å². The molecule has 1 aliphatic carbocycles. The van der Waals surface area contributed by atoms with Crippen molar-refractivity contribution in [2.75, 3.05) is 17.3 Å². The third kappa shape index (κ3) is 4.16. The van der Waals surface area contributed by atoms with Crippen molar-refractivity contribution < 1.29 is 9.50 Å². The quantitative estimate of drug-likeness (QED) is 0.868. The number of aliphatic hydroxyl groups excluding tert-OH is 1. The van der Waals surface area contributed by atoms with E-state index in [1.54, 1.807) is 0 Å². The molecular formula is C16H26FN5O. The molecule has 1 atom stereocenters. The molecule has 128 valence electrons. The summed E-state index contributed by atoms with van der Waals surface area (Å²) in [5.41, 5.74) is 0.386. The van der Waals surface area contributed by atoms with Gasteiger partial charge in [-0.2, -0.15) is 15.0 Å². The SMILES string of the molecule is CC(C)Nc1nc(C2=C(F)C(O)CCC2)nc(N(C)C(C)C)n1. The summed E-state index contributed by atoms with van der Waals surface area (Å²) < 4.78 is 14.3. The fourth-order valence-corrected chi connectivity index (χ4v) is 2.35. The van der Waals surface area contributed by atoms with Crippen LogP contribution in [0.5, 0.6) is 0 Å². The zero-order valence-electron chi connectivity index (χ0n) is 14.5. The van der Waals surface area contributed by atoms with Crippen molar-refractivity contribution in [3.63, 3.8) is 0 Å². The molecule has 0 amide bonds. The molecule has 0 aromatic carbocycles. The molecule has 0 radical (unpaired) electrons. The molecule has 0 fully saturated rings. The summed E-state index contributed by atoms with van der Waals surface area (Å²) in [6.45, 7) is 8.03. The second kappa shape index (κ2) is 7.21. The zero-order valence-corrected chi connectivity index (χ0v) is 14.5. The highest BCUT2D eigenvalue weighted by molar-refractivity contribution is 5.65. The van der Waals surface area contributed by atoms with E-state index in [0.29, 0.717) is 36.1 Å². The molecule has 1 aromatic heterocycles. The summed E-state index contributed by atoms with van der Waals surface area (Å²) in [6.07, 6.45) is 0.635. The Morgan fingerprint density at radius 1 is 1.22 bits per heavy atom. The average Bonchev–Trinajstić information content (AvgIpc) is 2.48. The lowest BCUT2D eigenvalue weighted by molar-refractivity contribution is 0.165. The molecule has 0 bridgehead atoms. The van der Waals surface area contributed by atoms with E-state index in [1.165, 1.54) is 0 Å². The molecule has 1 aliphatic rings. The van der Waals surface area contributed by atoms with E-state index < -0.39 is 11.9 Å². The number of halogens is 1. The predicted molar refractivity (Wildman–Crippen MR) is 90.0 cm³/mol. The van der Waals surface area contributed by atoms with Crippen molar-refractivity contribution in [2.45, 2.75) is 65.1 Å². The van der Waals surface area contributed by atoms with Gasteiger partial charge in [0.25, 0.3) is 0 Å². The van der Waals surface area contributed by atoms with Gasteiger partial charge in [0.05, 0.1) is 0 Å². The monoisotopic (exact) mass is 323 g/mol. The molecule has 7 heteroatoms. The van der Waals surface area contributed by atoms with Crippen LogP contribution >= 0.6 is 0 Å². The normalized spacial score (nSPS) is 18.7. The van der Waals surface area contributed by atoms with Crippen LogP contribution in [0.4, 0.5) is 16.3 Å². The van der Waals surface area contributed by atoms with Gasteiger partial charge in [-0.25, -0.2) is 4.39 Å². The van der Waals surface area contributed by atoms with Crippen molar-refractivity contribution >= 4 is 17.5 Å². The number of rotatable bonds is 5. The fourth-order valence-electron chi connectivity index (χ4n) is 2.35. The fraction of sp³-hybridized carbons (Fsp3) is 0.688. The van der Waals surface area contributed by atoms with Crippen LogP contribution in [-0.4, -0.2) is 45.3 Å². The predicted octanol–water partition coefficient (Wildman–Crippen LogP) is 2.76. The topological polar surface area (TPSA) is 74.2 Å². The molecule has 1 unspecified atom stereocenters. The maximum Gasteiger partial charge on any atom is 0.230 e.